The van der Waals surface area contributed by atoms with Crippen molar-refractivity contribution in [1.29, 1.82) is 0 Å². The van der Waals surface area contributed by atoms with E-state index >= 15 is 0 Å². The Balaban J connectivity index is 1.44. The van der Waals surface area contributed by atoms with Gasteiger partial charge in [0.1, 0.15) is 5.82 Å². The van der Waals surface area contributed by atoms with Crippen molar-refractivity contribution >= 4 is 22.2 Å². The molecule has 0 atom stereocenters. The Kier molecular flexibility index (Phi) is 6.31. The highest BCUT2D eigenvalue weighted by Gasteiger charge is 2.34. The summed E-state index contributed by atoms with van der Waals surface area (Å²) in [4.78, 5) is 1.69. The summed E-state index contributed by atoms with van der Waals surface area (Å²) in [7, 11) is -4.01. The van der Waals surface area contributed by atoms with Gasteiger partial charge in [-0.25, -0.2) is 13.1 Å². The summed E-state index contributed by atoms with van der Waals surface area (Å²) in [5.74, 6) is 1.38. The van der Waals surface area contributed by atoms with E-state index in [0.29, 0.717) is 43.1 Å². The maximum Gasteiger partial charge on any atom is 0.416 e. The van der Waals surface area contributed by atoms with Gasteiger partial charge in [-0.1, -0.05) is 12.1 Å². The standard InChI is InChI=1S/C20H24F3N5O2S2/c1-2-8-27-18(15-6-7-15)24-28(19(27)31)14-25-9-11-26(12-10-25)32(29,30)17-5-3-4-16(13-17)20(21,22)23/h2-5,13,15H,1,6-12,14H2. The molecule has 32 heavy (non-hydrogen) atoms. The van der Waals surface area contributed by atoms with Crippen LogP contribution in [-0.2, 0) is 29.4 Å². The van der Waals surface area contributed by atoms with Crippen LogP contribution >= 0.6 is 12.2 Å². The lowest BCUT2D eigenvalue weighted by Gasteiger charge is -2.33. The number of sulfonamides is 1. The molecule has 1 aromatic carbocycles. The van der Waals surface area contributed by atoms with E-state index in [4.69, 9.17) is 12.2 Å². The molecular weight excluding hydrogens is 463 g/mol. The van der Waals surface area contributed by atoms with Crippen LogP contribution in [0, 0.1) is 4.77 Å². The first-order valence-electron chi connectivity index (χ1n) is 10.3. The fourth-order valence-corrected chi connectivity index (χ4v) is 5.51. The van der Waals surface area contributed by atoms with E-state index in [1.54, 1.807) is 10.8 Å². The Labute approximate surface area is 189 Å². The monoisotopic (exact) mass is 487 g/mol. The topological polar surface area (TPSA) is 63.4 Å². The summed E-state index contributed by atoms with van der Waals surface area (Å²) < 4.78 is 70.3. The molecule has 2 aromatic rings. The van der Waals surface area contributed by atoms with Crippen LogP contribution in [0.2, 0.25) is 0 Å². The van der Waals surface area contributed by atoms with Gasteiger partial charge in [-0.3, -0.25) is 9.47 Å². The summed E-state index contributed by atoms with van der Waals surface area (Å²) in [6.45, 7) is 6.00. The third kappa shape index (κ3) is 4.68. The SMILES string of the molecule is C=CCn1c(C2CC2)nn(CN2CCN(S(=O)(=O)c3cccc(C(F)(F)F)c3)CC2)c1=S. The maximum atomic E-state index is 13.0. The van der Waals surface area contributed by atoms with Crippen LogP contribution < -0.4 is 0 Å². The second-order valence-corrected chi connectivity index (χ2v) is 10.3. The van der Waals surface area contributed by atoms with E-state index in [-0.39, 0.29) is 18.0 Å². The number of allylic oxidation sites excluding steroid dienone is 1. The van der Waals surface area contributed by atoms with E-state index in [2.05, 4.69) is 11.7 Å². The number of nitrogens with zero attached hydrogens (tertiary/aromatic N) is 5. The van der Waals surface area contributed by atoms with Crippen LogP contribution in [0.1, 0.15) is 30.1 Å². The molecule has 12 heteroatoms. The second-order valence-electron chi connectivity index (χ2n) is 8.00. The first-order valence-corrected chi connectivity index (χ1v) is 12.1. The average molecular weight is 488 g/mol. The summed E-state index contributed by atoms with van der Waals surface area (Å²) in [5, 5.41) is 4.68. The van der Waals surface area contributed by atoms with Crippen molar-refractivity contribution in [3.05, 3.63) is 53.1 Å². The predicted molar refractivity (Wildman–Crippen MR) is 115 cm³/mol. The van der Waals surface area contributed by atoms with E-state index in [9.17, 15) is 21.6 Å². The molecule has 1 aliphatic heterocycles. The Morgan fingerprint density at radius 2 is 1.88 bits per heavy atom. The van der Waals surface area contributed by atoms with Gasteiger partial charge in [-0.2, -0.15) is 22.6 Å². The van der Waals surface area contributed by atoms with Gasteiger partial charge in [0.25, 0.3) is 0 Å². The predicted octanol–water partition coefficient (Wildman–Crippen LogP) is 3.46. The van der Waals surface area contributed by atoms with Crippen molar-refractivity contribution in [2.45, 2.75) is 43.0 Å². The first kappa shape index (κ1) is 23.1. The molecule has 0 spiro atoms. The first-order chi connectivity index (χ1) is 15.1. The molecule has 2 heterocycles. The van der Waals surface area contributed by atoms with Gasteiger partial charge in [0, 0.05) is 38.6 Å². The van der Waals surface area contributed by atoms with E-state index < -0.39 is 21.8 Å². The van der Waals surface area contributed by atoms with Crippen LogP contribution in [0.15, 0.2) is 41.8 Å². The largest absolute Gasteiger partial charge is 0.416 e. The highest BCUT2D eigenvalue weighted by atomic mass is 32.2. The molecule has 0 bridgehead atoms. The van der Waals surface area contributed by atoms with Crippen LogP contribution in [-0.4, -0.2) is 58.1 Å². The lowest BCUT2D eigenvalue weighted by molar-refractivity contribution is -0.137. The van der Waals surface area contributed by atoms with Crippen molar-refractivity contribution in [1.82, 2.24) is 23.6 Å². The number of hydrogen-bond donors (Lipinski definition) is 0. The number of piperazine rings is 1. The Bertz CT molecular complexity index is 1160. The Morgan fingerprint density at radius 1 is 1.19 bits per heavy atom. The minimum absolute atomic E-state index is 0.175. The molecule has 7 nitrogen and oxygen atoms in total. The molecule has 0 N–H and O–H groups in total. The molecule has 1 saturated heterocycles. The fraction of sp³-hybridized carbons (Fsp3) is 0.500. The van der Waals surface area contributed by atoms with E-state index in [1.165, 1.54) is 10.4 Å². The van der Waals surface area contributed by atoms with Crippen molar-refractivity contribution in [3.8, 4) is 0 Å². The molecule has 1 aliphatic carbocycles. The molecule has 174 valence electrons. The number of hydrogen-bond acceptors (Lipinski definition) is 5. The molecule has 1 aromatic heterocycles. The van der Waals surface area contributed by atoms with Gasteiger partial charge in [0.05, 0.1) is 17.1 Å². The maximum absolute atomic E-state index is 13.0. The molecule has 4 rings (SSSR count). The lowest BCUT2D eigenvalue weighted by atomic mass is 10.2. The second kappa shape index (κ2) is 8.73. The quantitative estimate of drug-likeness (QED) is 0.442. The molecule has 0 radical (unpaired) electrons. The Morgan fingerprint density at radius 3 is 2.47 bits per heavy atom. The van der Waals surface area contributed by atoms with E-state index in [0.717, 1.165) is 30.8 Å². The number of alkyl halides is 3. The third-order valence-corrected chi connectivity index (χ3v) is 8.00. The minimum atomic E-state index is -4.60. The van der Waals surface area contributed by atoms with Gasteiger partial charge >= 0.3 is 6.18 Å². The van der Waals surface area contributed by atoms with Crippen LogP contribution in [0.3, 0.4) is 0 Å². The smallest absolute Gasteiger partial charge is 0.300 e. The van der Waals surface area contributed by atoms with Gasteiger partial charge in [-0.15, -0.1) is 6.58 Å². The third-order valence-electron chi connectivity index (χ3n) is 5.67. The molecule has 2 fully saturated rings. The molecule has 0 unspecified atom stereocenters. The molecule has 2 aliphatic rings. The van der Waals surface area contributed by atoms with Crippen molar-refractivity contribution in [2.75, 3.05) is 26.2 Å². The summed E-state index contributed by atoms with van der Waals surface area (Å²) in [6.07, 6.45) is -0.632. The molecule has 0 amide bonds. The number of halogens is 3. The fourth-order valence-electron chi connectivity index (χ4n) is 3.78. The molecule has 1 saturated carbocycles. The van der Waals surface area contributed by atoms with Crippen LogP contribution in [0.5, 0.6) is 0 Å². The van der Waals surface area contributed by atoms with Gasteiger partial charge in [-0.05, 0) is 43.3 Å². The zero-order valence-electron chi connectivity index (χ0n) is 17.3. The van der Waals surface area contributed by atoms with Gasteiger partial charge < -0.3 is 0 Å². The summed E-state index contributed by atoms with van der Waals surface area (Å²) in [5.41, 5.74) is -0.979. The van der Waals surface area contributed by atoms with Crippen molar-refractivity contribution in [3.63, 3.8) is 0 Å². The summed E-state index contributed by atoms with van der Waals surface area (Å²) >= 11 is 5.57. The van der Waals surface area contributed by atoms with Gasteiger partial charge in [0.15, 0.2) is 4.77 Å². The minimum Gasteiger partial charge on any atom is -0.300 e. The highest BCUT2D eigenvalue weighted by molar-refractivity contribution is 7.89. The lowest BCUT2D eigenvalue weighted by Crippen LogP contribution is -2.49. The normalized spacial score (nSPS) is 18.7. The zero-order chi connectivity index (χ0) is 23.1. The van der Waals surface area contributed by atoms with Gasteiger partial charge in [0.2, 0.25) is 10.0 Å². The Hall–Kier alpha value is -2.02. The molecular formula is C20H24F3N5O2S2. The summed E-state index contributed by atoms with van der Waals surface area (Å²) in [6, 6.07) is 3.86. The van der Waals surface area contributed by atoms with Crippen LogP contribution in [0.25, 0.3) is 0 Å². The zero-order valence-corrected chi connectivity index (χ0v) is 19.0. The number of aromatic nitrogens is 3. The number of rotatable bonds is 7. The highest BCUT2D eigenvalue weighted by Crippen LogP contribution is 2.39. The van der Waals surface area contributed by atoms with Crippen molar-refractivity contribution in [2.24, 2.45) is 0 Å². The van der Waals surface area contributed by atoms with Crippen LogP contribution in [0.4, 0.5) is 13.2 Å². The van der Waals surface area contributed by atoms with Crippen molar-refractivity contribution < 1.29 is 21.6 Å². The average Bonchev–Trinajstić information content (AvgIpc) is 3.55. The van der Waals surface area contributed by atoms with E-state index in [1.807, 2.05) is 9.47 Å². The number of benzene rings is 1.